The molecule has 0 unspecified atom stereocenters. The summed E-state index contributed by atoms with van der Waals surface area (Å²) in [4.78, 5) is 7.51. The Kier molecular flexibility index (Phi) is 1.83. The Morgan fingerprint density at radius 3 is 2.58 bits per heavy atom. The summed E-state index contributed by atoms with van der Waals surface area (Å²) in [5.74, 6) is 0. The molecule has 2 rings (SSSR count). The van der Waals surface area contributed by atoms with Crippen LogP contribution in [0, 0.1) is 0 Å². The van der Waals surface area contributed by atoms with E-state index in [9.17, 15) is 0 Å². The maximum Gasteiger partial charge on any atom is 0.225 e. The van der Waals surface area contributed by atoms with Crippen LogP contribution in [0.25, 0.3) is 11.0 Å². The third-order valence-corrected chi connectivity index (χ3v) is 2.01. The van der Waals surface area contributed by atoms with Gasteiger partial charge in [0.2, 0.25) is 5.28 Å². The lowest BCUT2D eigenvalue weighted by atomic mass is 10.4. The van der Waals surface area contributed by atoms with E-state index in [0.29, 0.717) is 16.2 Å². The summed E-state index contributed by atoms with van der Waals surface area (Å²) in [6, 6.07) is 0. The molecule has 0 aliphatic rings. The molecule has 2 heterocycles. The lowest BCUT2D eigenvalue weighted by Gasteiger charge is -1.91. The van der Waals surface area contributed by atoms with Crippen molar-refractivity contribution < 1.29 is 0 Å². The molecular weight excluding hydrogens is 222 g/mol. The van der Waals surface area contributed by atoms with Crippen molar-refractivity contribution in [1.82, 2.24) is 20.2 Å². The van der Waals surface area contributed by atoms with E-state index in [1.54, 1.807) is 0 Å². The van der Waals surface area contributed by atoms with Crippen LogP contribution in [0.5, 0.6) is 0 Å². The Balaban J connectivity index is 2.93. The molecule has 7 heteroatoms. The van der Waals surface area contributed by atoms with Crippen LogP contribution in [0.4, 0.5) is 0 Å². The number of hydrogen-bond acceptors (Lipinski definition) is 3. The number of nitrogens with zero attached hydrogens (tertiary/aromatic N) is 3. The average Bonchev–Trinajstić information content (AvgIpc) is 2.31. The zero-order valence-corrected chi connectivity index (χ0v) is 7.74. The average molecular weight is 223 g/mol. The predicted molar refractivity (Wildman–Crippen MR) is 46.7 cm³/mol. The summed E-state index contributed by atoms with van der Waals surface area (Å²) in [5.41, 5.74) is 0.366. The fraction of sp³-hybridized carbons (Fsp3) is 0. The van der Waals surface area contributed by atoms with Crippen LogP contribution in [-0.2, 0) is 0 Å². The van der Waals surface area contributed by atoms with Gasteiger partial charge >= 0.3 is 0 Å². The smallest absolute Gasteiger partial charge is 0.225 e. The Labute approximate surface area is 81.9 Å². The Morgan fingerprint density at radius 2 is 1.83 bits per heavy atom. The van der Waals surface area contributed by atoms with Gasteiger partial charge in [0.05, 0.1) is 5.39 Å². The van der Waals surface area contributed by atoms with Crippen LogP contribution in [0.1, 0.15) is 0 Å². The minimum absolute atomic E-state index is 0.0515. The van der Waals surface area contributed by atoms with Gasteiger partial charge < -0.3 is 0 Å². The van der Waals surface area contributed by atoms with Crippen LogP contribution >= 0.6 is 34.8 Å². The standard InChI is InChI=1S/C5HCl3N4/c6-2-1-3(7)11-12-4(1)10-5(8)9-2/h(H,9,10,11,12). The molecule has 62 valence electrons. The van der Waals surface area contributed by atoms with E-state index in [2.05, 4.69) is 20.2 Å². The molecule has 0 amide bonds. The van der Waals surface area contributed by atoms with Crippen molar-refractivity contribution in [3.05, 3.63) is 15.6 Å². The minimum Gasteiger partial charge on any atom is -0.264 e. The zero-order valence-electron chi connectivity index (χ0n) is 5.48. The van der Waals surface area contributed by atoms with Gasteiger partial charge in [-0.3, -0.25) is 5.10 Å². The summed E-state index contributed by atoms with van der Waals surface area (Å²) >= 11 is 17.0. The summed E-state index contributed by atoms with van der Waals surface area (Å²) in [6.07, 6.45) is 0. The number of H-pyrrole nitrogens is 1. The van der Waals surface area contributed by atoms with Gasteiger partial charge in [0.15, 0.2) is 5.65 Å². The first-order valence-corrected chi connectivity index (χ1v) is 4.04. The van der Waals surface area contributed by atoms with Gasteiger partial charge in [-0.15, -0.1) is 0 Å². The number of nitrogens with one attached hydrogen (secondary N) is 1. The molecule has 0 aliphatic carbocycles. The SMILES string of the molecule is Clc1nc(Cl)c2c(Cl)[nH]nc2n1. The molecule has 0 saturated carbocycles. The summed E-state index contributed by atoms with van der Waals surface area (Å²) in [5, 5.41) is 7.33. The van der Waals surface area contributed by atoms with E-state index in [1.165, 1.54) is 0 Å². The Bertz CT molecular complexity index is 437. The highest BCUT2D eigenvalue weighted by Gasteiger charge is 2.10. The van der Waals surface area contributed by atoms with E-state index in [0.717, 1.165) is 0 Å². The molecular formula is C5HCl3N4. The molecule has 0 saturated heterocycles. The predicted octanol–water partition coefficient (Wildman–Crippen LogP) is 2.31. The molecule has 4 nitrogen and oxygen atoms in total. The van der Waals surface area contributed by atoms with Crippen LogP contribution in [0.15, 0.2) is 0 Å². The first-order chi connectivity index (χ1) is 5.68. The van der Waals surface area contributed by atoms with Crippen LogP contribution in [-0.4, -0.2) is 20.2 Å². The lowest BCUT2D eigenvalue weighted by molar-refractivity contribution is 1.09. The second-order valence-electron chi connectivity index (χ2n) is 2.02. The first kappa shape index (κ1) is 8.04. The van der Waals surface area contributed by atoms with E-state index >= 15 is 0 Å². The molecule has 0 aromatic carbocycles. The highest BCUT2D eigenvalue weighted by atomic mass is 35.5. The molecule has 0 fully saturated rings. The molecule has 0 atom stereocenters. The zero-order chi connectivity index (χ0) is 8.72. The second kappa shape index (κ2) is 2.73. The maximum atomic E-state index is 5.73. The Morgan fingerprint density at radius 1 is 1.08 bits per heavy atom. The molecule has 2 aromatic heterocycles. The van der Waals surface area contributed by atoms with E-state index in [-0.39, 0.29) is 10.4 Å². The third kappa shape index (κ3) is 1.12. The highest BCUT2D eigenvalue weighted by molar-refractivity contribution is 6.41. The van der Waals surface area contributed by atoms with Gasteiger partial charge in [-0.25, -0.2) is 4.98 Å². The molecule has 0 spiro atoms. The minimum atomic E-state index is 0.0515. The number of rotatable bonds is 0. The lowest BCUT2D eigenvalue weighted by Crippen LogP contribution is -1.84. The molecule has 2 aromatic rings. The van der Waals surface area contributed by atoms with Gasteiger partial charge in [0.1, 0.15) is 10.3 Å². The van der Waals surface area contributed by atoms with E-state index < -0.39 is 0 Å². The number of halogens is 3. The summed E-state index contributed by atoms with van der Waals surface area (Å²) in [6.45, 7) is 0. The van der Waals surface area contributed by atoms with Crippen LogP contribution in [0.2, 0.25) is 15.6 Å². The largest absolute Gasteiger partial charge is 0.264 e. The van der Waals surface area contributed by atoms with Gasteiger partial charge in [0.25, 0.3) is 0 Å². The van der Waals surface area contributed by atoms with Crippen molar-refractivity contribution >= 4 is 45.8 Å². The third-order valence-electron chi connectivity index (χ3n) is 1.30. The summed E-state index contributed by atoms with van der Waals surface area (Å²) in [7, 11) is 0. The van der Waals surface area contributed by atoms with Crippen molar-refractivity contribution in [3.8, 4) is 0 Å². The van der Waals surface area contributed by atoms with Crippen molar-refractivity contribution in [2.24, 2.45) is 0 Å². The fourth-order valence-corrected chi connectivity index (χ4v) is 1.56. The second-order valence-corrected chi connectivity index (χ2v) is 3.09. The number of aromatic nitrogens is 4. The van der Waals surface area contributed by atoms with Crippen molar-refractivity contribution in [2.75, 3.05) is 0 Å². The number of hydrogen-bond donors (Lipinski definition) is 1. The first-order valence-electron chi connectivity index (χ1n) is 2.91. The molecule has 0 aliphatic heterocycles. The normalized spacial score (nSPS) is 10.9. The number of fused-ring (bicyclic) bond motifs is 1. The van der Waals surface area contributed by atoms with Gasteiger partial charge in [-0.2, -0.15) is 10.1 Å². The quantitative estimate of drug-likeness (QED) is 0.551. The van der Waals surface area contributed by atoms with Gasteiger partial charge in [-0.1, -0.05) is 23.2 Å². The fourth-order valence-electron chi connectivity index (χ4n) is 0.825. The molecule has 0 radical (unpaired) electrons. The van der Waals surface area contributed by atoms with E-state index in [1.807, 2.05) is 0 Å². The Hall–Kier alpha value is -0.580. The van der Waals surface area contributed by atoms with Crippen molar-refractivity contribution in [1.29, 1.82) is 0 Å². The van der Waals surface area contributed by atoms with Crippen molar-refractivity contribution in [3.63, 3.8) is 0 Å². The monoisotopic (exact) mass is 222 g/mol. The van der Waals surface area contributed by atoms with E-state index in [4.69, 9.17) is 34.8 Å². The van der Waals surface area contributed by atoms with Crippen molar-refractivity contribution in [2.45, 2.75) is 0 Å². The molecule has 12 heavy (non-hydrogen) atoms. The number of aromatic amines is 1. The maximum absolute atomic E-state index is 5.73. The van der Waals surface area contributed by atoms with Crippen LogP contribution in [0.3, 0.4) is 0 Å². The van der Waals surface area contributed by atoms with Gasteiger partial charge in [0, 0.05) is 0 Å². The topological polar surface area (TPSA) is 54.5 Å². The molecule has 1 N–H and O–H groups in total. The van der Waals surface area contributed by atoms with Crippen LogP contribution < -0.4 is 0 Å². The molecule has 0 bridgehead atoms. The van der Waals surface area contributed by atoms with Gasteiger partial charge in [-0.05, 0) is 11.6 Å². The summed E-state index contributed by atoms with van der Waals surface area (Å²) < 4.78 is 0. The highest BCUT2D eigenvalue weighted by Crippen LogP contribution is 2.26.